The zero-order chi connectivity index (χ0) is 11.2. The van der Waals surface area contributed by atoms with Gasteiger partial charge in [-0.2, -0.15) is 5.26 Å². The molecule has 0 saturated heterocycles. The molecule has 0 rings (SSSR count). The van der Waals surface area contributed by atoms with Crippen LogP contribution in [0.3, 0.4) is 0 Å². The average Bonchev–Trinajstić information content (AvgIpc) is 2.03. The van der Waals surface area contributed by atoms with Crippen molar-refractivity contribution in [1.82, 2.24) is 4.72 Å². The van der Waals surface area contributed by atoms with Crippen LogP contribution in [-0.4, -0.2) is 36.4 Å². The third kappa shape index (κ3) is 6.07. The Bertz CT molecular complexity index is 331. The van der Waals surface area contributed by atoms with Gasteiger partial charge in [-0.15, -0.1) is 0 Å². The van der Waals surface area contributed by atoms with Gasteiger partial charge in [0.2, 0.25) is 10.0 Å². The van der Waals surface area contributed by atoms with Gasteiger partial charge in [0.05, 0.1) is 6.07 Å². The lowest BCUT2D eigenvalue weighted by atomic mass is 10.3. The average molecular weight is 238 g/mol. The molecule has 0 radical (unpaired) electrons. The first-order valence-corrected chi connectivity index (χ1v) is 7.33. The summed E-state index contributed by atoms with van der Waals surface area (Å²) in [7, 11) is -4.41. The lowest BCUT2D eigenvalue weighted by Crippen LogP contribution is -2.29. The SMILES string of the molecule is CC(CCNS(=O)(=O)CC#N)S(C)=O. The molecule has 7 heteroatoms. The van der Waals surface area contributed by atoms with Crippen LogP contribution >= 0.6 is 0 Å². The van der Waals surface area contributed by atoms with Crippen molar-refractivity contribution in [1.29, 1.82) is 5.26 Å². The molecule has 1 N–H and O–H groups in total. The van der Waals surface area contributed by atoms with E-state index in [2.05, 4.69) is 4.72 Å². The van der Waals surface area contributed by atoms with Crippen molar-refractivity contribution in [2.24, 2.45) is 0 Å². The van der Waals surface area contributed by atoms with E-state index in [1.54, 1.807) is 19.2 Å². The van der Waals surface area contributed by atoms with Gasteiger partial charge in [-0.3, -0.25) is 4.21 Å². The summed E-state index contributed by atoms with van der Waals surface area (Å²) in [6.07, 6.45) is 2.09. The molecule has 0 aromatic rings. The molecule has 2 unspecified atom stereocenters. The van der Waals surface area contributed by atoms with Crippen LogP contribution in [0, 0.1) is 11.3 Å². The van der Waals surface area contributed by atoms with Gasteiger partial charge in [0.1, 0.15) is 0 Å². The maximum absolute atomic E-state index is 11.0. The first kappa shape index (κ1) is 13.5. The fraction of sp³-hybridized carbons (Fsp3) is 0.857. The van der Waals surface area contributed by atoms with Crippen LogP contribution in [0.15, 0.2) is 0 Å². The second-order valence-electron chi connectivity index (χ2n) is 2.91. The van der Waals surface area contributed by atoms with Gasteiger partial charge < -0.3 is 0 Å². The van der Waals surface area contributed by atoms with Crippen LogP contribution in [0.2, 0.25) is 0 Å². The van der Waals surface area contributed by atoms with E-state index in [4.69, 9.17) is 5.26 Å². The summed E-state index contributed by atoms with van der Waals surface area (Å²) in [6, 6.07) is 1.56. The van der Waals surface area contributed by atoms with Gasteiger partial charge in [-0.05, 0) is 6.42 Å². The lowest BCUT2D eigenvalue weighted by Gasteiger charge is -2.08. The van der Waals surface area contributed by atoms with Crippen molar-refractivity contribution in [3.05, 3.63) is 0 Å². The molecule has 2 atom stereocenters. The Morgan fingerprint density at radius 3 is 2.57 bits per heavy atom. The summed E-state index contributed by atoms with van der Waals surface area (Å²) in [5.74, 6) is -0.531. The molecule has 0 aromatic heterocycles. The third-order valence-corrected chi connectivity index (χ3v) is 4.22. The molecule has 0 spiro atoms. The molecule has 0 saturated carbocycles. The van der Waals surface area contributed by atoms with E-state index in [9.17, 15) is 12.6 Å². The van der Waals surface area contributed by atoms with E-state index in [-0.39, 0.29) is 11.8 Å². The molecule has 0 aliphatic heterocycles. The smallest absolute Gasteiger partial charge is 0.225 e. The first-order valence-electron chi connectivity index (χ1n) is 4.05. The van der Waals surface area contributed by atoms with E-state index in [0.29, 0.717) is 6.42 Å². The molecule has 82 valence electrons. The van der Waals surface area contributed by atoms with Gasteiger partial charge in [-0.25, -0.2) is 13.1 Å². The predicted octanol–water partition coefficient (Wildman–Crippen LogP) is -0.414. The van der Waals surface area contributed by atoms with Crippen LogP contribution in [0.5, 0.6) is 0 Å². The summed E-state index contributed by atoms with van der Waals surface area (Å²) in [6.45, 7) is 2.01. The van der Waals surface area contributed by atoms with Crippen LogP contribution in [0.1, 0.15) is 13.3 Å². The van der Waals surface area contributed by atoms with Crippen LogP contribution in [0.25, 0.3) is 0 Å². The second kappa shape index (κ2) is 6.11. The summed E-state index contributed by atoms with van der Waals surface area (Å²) in [5, 5.41) is 8.14. The van der Waals surface area contributed by atoms with E-state index in [0.717, 1.165) is 0 Å². The molecule has 0 heterocycles. The zero-order valence-corrected chi connectivity index (χ0v) is 9.82. The highest BCUT2D eigenvalue weighted by Gasteiger charge is 2.10. The number of sulfonamides is 1. The highest BCUT2D eigenvalue weighted by atomic mass is 32.2. The molecule has 0 fully saturated rings. The molecule has 0 aliphatic rings. The van der Waals surface area contributed by atoms with Gasteiger partial charge in [0, 0.05) is 28.9 Å². The second-order valence-corrected chi connectivity index (χ2v) is 6.52. The van der Waals surface area contributed by atoms with Crippen molar-refractivity contribution in [3.8, 4) is 6.07 Å². The van der Waals surface area contributed by atoms with E-state index in [1.165, 1.54) is 0 Å². The lowest BCUT2D eigenvalue weighted by molar-refractivity contribution is 0.581. The van der Waals surface area contributed by atoms with Crippen molar-refractivity contribution >= 4 is 20.8 Å². The summed E-state index contributed by atoms with van der Waals surface area (Å²) >= 11 is 0. The van der Waals surface area contributed by atoms with Gasteiger partial charge in [0.25, 0.3) is 0 Å². The van der Waals surface area contributed by atoms with Crippen LogP contribution in [-0.2, 0) is 20.8 Å². The third-order valence-electron chi connectivity index (χ3n) is 1.69. The highest BCUT2D eigenvalue weighted by Crippen LogP contribution is 1.97. The molecule has 0 aliphatic carbocycles. The minimum Gasteiger partial charge on any atom is -0.260 e. The molecule has 14 heavy (non-hydrogen) atoms. The largest absolute Gasteiger partial charge is 0.260 e. The van der Waals surface area contributed by atoms with Gasteiger partial charge in [0.15, 0.2) is 5.75 Å². The molecule has 5 nitrogen and oxygen atoms in total. The number of nitrogens with one attached hydrogen (secondary N) is 1. The Morgan fingerprint density at radius 1 is 1.57 bits per heavy atom. The number of hydrogen-bond acceptors (Lipinski definition) is 4. The fourth-order valence-electron chi connectivity index (χ4n) is 0.720. The van der Waals surface area contributed by atoms with Crippen molar-refractivity contribution in [3.63, 3.8) is 0 Å². The van der Waals surface area contributed by atoms with E-state index < -0.39 is 26.6 Å². The van der Waals surface area contributed by atoms with Gasteiger partial charge >= 0.3 is 0 Å². The Kier molecular flexibility index (Phi) is 5.92. The summed E-state index contributed by atoms with van der Waals surface area (Å²) in [5.41, 5.74) is 0. The summed E-state index contributed by atoms with van der Waals surface area (Å²) < 4.78 is 35.1. The summed E-state index contributed by atoms with van der Waals surface area (Å²) in [4.78, 5) is 0. The first-order chi connectivity index (χ1) is 6.39. The number of hydrogen-bond donors (Lipinski definition) is 1. The van der Waals surface area contributed by atoms with E-state index in [1.807, 2.05) is 0 Å². The molecular formula is C7H14N2O3S2. The normalized spacial score (nSPS) is 15.8. The zero-order valence-electron chi connectivity index (χ0n) is 8.19. The van der Waals surface area contributed by atoms with Crippen LogP contribution in [0.4, 0.5) is 0 Å². The number of nitrogens with zero attached hydrogens (tertiary/aromatic N) is 1. The van der Waals surface area contributed by atoms with Gasteiger partial charge in [-0.1, -0.05) is 6.92 Å². The molecular weight excluding hydrogens is 224 g/mol. The molecule has 0 bridgehead atoms. The minimum absolute atomic E-state index is 0.0419. The topological polar surface area (TPSA) is 87.0 Å². The Hall–Kier alpha value is -0.450. The predicted molar refractivity (Wildman–Crippen MR) is 55.5 cm³/mol. The van der Waals surface area contributed by atoms with Crippen molar-refractivity contribution in [2.75, 3.05) is 18.6 Å². The Morgan fingerprint density at radius 2 is 2.14 bits per heavy atom. The number of rotatable bonds is 6. The maximum atomic E-state index is 11.0. The Labute approximate surface area is 87.0 Å². The van der Waals surface area contributed by atoms with Crippen molar-refractivity contribution < 1.29 is 12.6 Å². The van der Waals surface area contributed by atoms with Crippen LogP contribution < -0.4 is 4.72 Å². The molecule has 0 aromatic carbocycles. The highest BCUT2D eigenvalue weighted by molar-refractivity contribution is 7.89. The monoisotopic (exact) mass is 238 g/mol. The maximum Gasteiger partial charge on any atom is 0.225 e. The standard InChI is InChI=1S/C7H14N2O3S2/c1-7(13(2)10)3-5-9-14(11,12)6-4-8/h7,9H,3,5-6H2,1-2H3. The number of nitriles is 1. The Balaban J connectivity index is 3.87. The van der Waals surface area contributed by atoms with E-state index >= 15 is 0 Å². The fourth-order valence-corrected chi connectivity index (χ4v) is 1.87. The van der Waals surface area contributed by atoms with Crippen molar-refractivity contribution in [2.45, 2.75) is 18.6 Å². The quantitative estimate of drug-likeness (QED) is 0.681. The minimum atomic E-state index is -3.46. The molecule has 0 amide bonds.